The molecule has 1 atom stereocenters. The van der Waals surface area contributed by atoms with Crippen molar-refractivity contribution in [3.05, 3.63) is 35.9 Å². The molecule has 4 heteroatoms. The summed E-state index contributed by atoms with van der Waals surface area (Å²) < 4.78 is 5.21. The minimum absolute atomic E-state index is 0.183. The highest BCUT2D eigenvalue weighted by Crippen LogP contribution is 2.18. The third kappa shape index (κ3) is 4.05. The molecule has 110 valence electrons. The van der Waals surface area contributed by atoms with Gasteiger partial charge in [-0.3, -0.25) is 5.32 Å². The second-order valence-corrected chi connectivity index (χ2v) is 5.34. The fraction of sp³-hybridized carbons (Fsp3) is 0.562. The van der Waals surface area contributed by atoms with Crippen molar-refractivity contribution in [3.8, 4) is 0 Å². The molecule has 0 amide bonds. The SMILES string of the molecule is CCOC(=O)C(NC1CCN(C)CC1)c1ccccc1. The third-order valence-corrected chi connectivity index (χ3v) is 3.78. The Morgan fingerprint density at radius 2 is 2.00 bits per heavy atom. The van der Waals surface area contributed by atoms with Crippen molar-refractivity contribution in [3.63, 3.8) is 0 Å². The molecule has 0 saturated carbocycles. The molecule has 0 spiro atoms. The summed E-state index contributed by atoms with van der Waals surface area (Å²) >= 11 is 0. The number of likely N-dealkylation sites (tertiary alicyclic amines) is 1. The van der Waals surface area contributed by atoms with Gasteiger partial charge in [0.2, 0.25) is 0 Å². The smallest absolute Gasteiger partial charge is 0.327 e. The molecule has 1 aliphatic heterocycles. The van der Waals surface area contributed by atoms with Gasteiger partial charge in [0.25, 0.3) is 0 Å². The number of carbonyl (C=O) groups is 1. The normalized spacial score (nSPS) is 18.7. The number of hydrogen-bond acceptors (Lipinski definition) is 4. The van der Waals surface area contributed by atoms with Crippen LogP contribution in [0, 0.1) is 0 Å². The van der Waals surface area contributed by atoms with E-state index in [-0.39, 0.29) is 12.0 Å². The van der Waals surface area contributed by atoms with Gasteiger partial charge >= 0.3 is 5.97 Å². The summed E-state index contributed by atoms with van der Waals surface area (Å²) in [5, 5.41) is 3.48. The van der Waals surface area contributed by atoms with Crippen LogP contribution in [-0.2, 0) is 9.53 Å². The topological polar surface area (TPSA) is 41.6 Å². The Hall–Kier alpha value is -1.39. The van der Waals surface area contributed by atoms with Crippen molar-refractivity contribution in [2.45, 2.75) is 31.8 Å². The fourth-order valence-electron chi connectivity index (χ4n) is 2.58. The zero-order chi connectivity index (χ0) is 14.4. The van der Waals surface area contributed by atoms with E-state index in [1.54, 1.807) is 0 Å². The number of piperidine rings is 1. The first-order valence-electron chi connectivity index (χ1n) is 7.37. The van der Waals surface area contributed by atoms with Crippen LogP contribution in [0.1, 0.15) is 31.4 Å². The summed E-state index contributed by atoms with van der Waals surface area (Å²) in [6, 6.07) is 9.84. The Morgan fingerprint density at radius 3 is 2.60 bits per heavy atom. The zero-order valence-corrected chi connectivity index (χ0v) is 12.3. The Balaban J connectivity index is 2.05. The molecule has 0 aliphatic carbocycles. The van der Waals surface area contributed by atoms with E-state index in [0.29, 0.717) is 12.6 Å². The molecule has 1 N–H and O–H groups in total. The van der Waals surface area contributed by atoms with Gasteiger partial charge in [0.05, 0.1) is 6.61 Å². The van der Waals surface area contributed by atoms with E-state index in [2.05, 4.69) is 17.3 Å². The van der Waals surface area contributed by atoms with E-state index in [0.717, 1.165) is 31.5 Å². The molecule has 1 heterocycles. The van der Waals surface area contributed by atoms with E-state index in [1.807, 2.05) is 37.3 Å². The summed E-state index contributed by atoms with van der Waals surface area (Å²) in [6.45, 7) is 4.40. The number of hydrogen-bond donors (Lipinski definition) is 1. The van der Waals surface area contributed by atoms with E-state index < -0.39 is 0 Å². The number of nitrogens with one attached hydrogen (secondary N) is 1. The molecule has 1 aliphatic rings. The van der Waals surface area contributed by atoms with Crippen LogP contribution < -0.4 is 5.32 Å². The van der Waals surface area contributed by atoms with Gasteiger partial charge < -0.3 is 9.64 Å². The number of carbonyl (C=O) groups excluding carboxylic acids is 1. The van der Waals surface area contributed by atoms with Crippen LogP contribution in [0.2, 0.25) is 0 Å². The van der Waals surface area contributed by atoms with Crippen LogP contribution in [0.15, 0.2) is 30.3 Å². The number of esters is 1. The average Bonchev–Trinajstić information content (AvgIpc) is 2.48. The average molecular weight is 276 g/mol. The molecule has 0 aromatic heterocycles. The Morgan fingerprint density at radius 1 is 1.35 bits per heavy atom. The standard InChI is InChI=1S/C16H24N2O2/c1-3-20-16(19)15(13-7-5-4-6-8-13)17-14-9-11-18(2)12-10-14/h4-8,14-15,17H,3,9-12H2,1-2H3. The number of ether oxygens (including phenoxy) is 1. The molecule has 4 nitrogen and oxygen atoms in total. The lowest BCUT2D eigenvalue weighted by atomic mass is 10.0. The van der Waals surface area contributed by atoms with Crippen molar-refractivity contribution >= 4 is 5.97 Å². The lowest BCUT2D eigenvalue weighted by molar-refractivity contribution is -0.146. The van der Waals surface area contributed by atoms with E-state index in [4.69, 9.17) is 4.74 Å². The number of rotatable bonds is 5. The quantitative estimate of drug-likeness (QED) is 0.835. The van der Waals surface area contributed by atoms with Gasteiger partial charge in [-0.2, -0.15) is 0 Å². The first-order chi connectivity index (χ1) is 9.70. The predicted molar refractivity (Wildman–Crippen MR) is 79.5 cm³/mol. The largest absolute Gasteiger partial charge is 0.465 e. The summed E-state index contributed by atoms with van der Waals surface area (Å²) in [4.78, 5) is 14.5. The van der Waals surface area contributed by atoms with Crippen molar-refractivity contribution in [1.29, 1.82) is 0 Å². The molecule has 1 aromatic carbocycles. The van der Waals surface area contributed by atoms with E-state index >= 15 is 0 Å². The van der Waals surface area contributed by atoms with Crippen molar-refractivity contribution in [2.24, 2.45) is 0 Å². The number of benzene rings is 1. The minimum Gasteiger partial charge on any atom is -0.465 e. The Kier molecular flexibility index (Phi) is 5.56. The molecule has 2 rings (SSSR count). The fourth-order valence-corrected chi connectivity index (χ4v) is 2.58. The van der Waals surface area contributed by atoms with Gasteiger partial charge in [0.1, 0.15) is 6.04 Å². The molecule has 20 heavy (non-hydrogen) atoms. The van der Waals surface area contributed by atoms with Crippen LogP contribution in [0.25, 0.3) is 0 Å². The maximum atomic E-state index is 12.2. The summed E-state index contributed by atoms with van der Waals surface area (Å²) in [5.41, 5.74) is 0.977. The zero-order valence-electron chi connectivity index (χ0n) is 12.3. The molecule has 1 fully saturated rings. The molecule has 0 radical (unpaired) electrons. The first-order valence-corrected chi connectivity index (χ1v) is 7.37. The van der Waals surface area contributed by atoms with Crippen molar-refractivity contribution < 1.29 is 9.53 Å². The molecule has 1 unspecified atom stereocenters. The molecule has 1 saturated heterocycles. The Bertz CT molecular complexity index is 414. The van der Waals surface area contributed by atoms with Crippen LogP contribution in [0.3, 0.4) is 0 Å². The van der Waals surface area contributed by atoms with Crippen LogP contribution in [0.4, 0.5) is 0 Å². The van der Waals surface area contributed by atoms with Gasteiger partial charge in [0.15, 0.2) is 0 Å². The minimum atomic E-state index is -0.357. The highest BCUT2D eigenvalue weighted by Gasteiger charge is 2.26. The predicted octanol–water partition coefficient (Wildman–Crippen LogP) is 1.97. The van der Waals surface area contributed by atoms with Crippen molar-refractivity contribution in [1.82, 2.24) is 10.2 Å². The number of nitrogens with zero attached hydrogens (tertiary/aromatic N) is 1. The second kappa shape index (κ2) is 7.41. The van der Waals surface area contributed by atoms with Gasteiger partial charge in [0, 0.05) is 6.04 Å². The molecule has 0 bridgehead atoms. The monoisotopic (exact) mass is 276 g/mol. The van der Waals surface area contributed by atoms with E-state index in [9.17, 15) is 4.79 Å². The van der Waals surface area contributed by atoms with Crippen LogP contribution in [0.5, 0.6) is 0 Å². The first kappa shape index (κ1) is 15.0. The lowest BCUT2D eigenvalue weighted by Crippen LogP contribution is -2.44. The van der Waals surface area contributed by atoms with Gasteiger partial charge in [-0.05, 0) is 45.5 Å². The Labute approximate surface area is 121 Å². The molecular weight excluding hydrogens is 252 g/mol. The summed E-state index contributed by atoms with van der Waals surface area (Å²) in [7, 11) is 2.14. The summed E-state index contributed by atoms with van der Waals surface area (Å²) in [5.74, 6) is -0.183. The summed E-state index contributed by atoms with van der Waals surface area (Å²) in [6.07, 6.45) is 2.14. The third-order valence-electron chi connectivity index (χ3n) is 3.78. The van der Waals surface area contributed by atoms with Crippen LogP contribution in [-0.4, -0.2) is 43.7 Å². The highest BCUT2D eigenvalue weighted by atomic mass is 16.5. The highest BCUT2D eigenvalue weighted by molar-refractivity contribution is 5.77. The molecule has 1 aromatic rings. The van der Waals surface area contributed by atoms with Gasteiger partial charge in [-0.15, -0.1) is 0 Å². The van der Waals surface area contributed by atoms with Crippen molar-refractivity contribution in [2.75, 3.05) is 26.7 Å². The van der Waals surface area contributed by atoms with Gasteiger partial charge in [-0.25, -0.2) is 4.79 Å². The van der Waals surface area contributed by atoms with Gasteiger partial charge in [-0.1, -0.05) is 30.3 Å². The maximum absolute atomic E-state index is 12.2. The van der Waals surface area contributed by atoms with E-state index in [1.165, 1.54) is 0 Å². The second-order valence-electron chi connectivity index (χ2n) is 5.34. The molecular formula is C16H24N2O2. The van der Waals surface area contributed by atoms with Crippen LogP contribution >= 0.6 is 0 Å². The lowest BCUT2D eigenvalue weighted by Gasteiger charge is -2.32. The maximum Gasteiger partial charge on any atom is 0.327 e.